The summed E-state index contributed by atoms with van der Waals surface area (Å²) in [4.78, 5) is 23.8. The summed E-state index contributed by atoms with van der Waals surface area (Å²) < 4.78 is 31.4. The molecule has 2 aromatic carbocycles. The van der Waals surface area contributed by atoms with Crippen LogP contribution in [0.4, 0.5) is 0 Å². The lowest BCUT2D eigenvalue weighted by Crippen LogP contribution is -2.32. The smallest absolute Gasteiger partial charge is 0.321 e. The van der Waals surface area contributed by atoms with E-state index in [1.165, 1.54) is 24.3 Å². The highest BCUT2D eigenvalue weighted by Gasteiger charge is 2.20. The third-order valence-corrected chi connectivity index (χ3v) is 5.94. The van der Waals surface area contributed by atoms with E-state index in [9.17, 15) is 18.0 Å². The van der Waals surface area contributed by atoms with Crippen LogP contribution in [0.5, 0.6) is 0 Å². The van der Waals surface area contributed by atoms with Crippen LogP contribution < -0.4 is 4.72 Å². The minimum Gasteiger partial charge on any atom is -0.456 e. The van der Waals surface area contributed by atoms with E-state index < -0.39 is 29.1 Å². The Kier molecular flexibility index (Phi) is 7.65. The molecule has 0 bridgehead atoms. The molecule has 8 heteroatoms. The Hall–Kier alpha value is -3.02. The van der Waals surface area contributed by atoms with Crippen molar-refractivity contribution in [2.75, 3.05) is 13.2 Å². The predicted molar refractivity (Wildman–Crippen MR) is 107 cm³/mol. The molecular weight excluding hydrogens is 392 g/mol. The van der Waals surface area contributed by atoms with E-state index >= 15 is 0 Å². The molecule has 29 heavy (non-hydrogen) atoms. The lowest BCUT2D eigenvalue weighted by Gasteiger charge is -2.10. The first-order valence-electron chi connectivity index (χ1n) is 9.06. The van der Waals surface area contributed by atoms with E-state index in [0.717, 1.165) is 12.0 Å². The SMILES string of the molecule is CC[C@H](C)c1ccc(C(=O)COC(=O)CNS(=O)(=O)c2ccccc2C#N)cc1. The van der Waals surface area contributed by atoms with Gasteiger partial charge in [-0.25, -0.2) is 8.42 Å². The number of nitrogens with one attached hydrogen (secondary N) is 1. The van der Waals surface area contributed by atoms with Gasteiger partial charge in [0.2, 0.25) is 10.0 Å². The summed E-state index contributed by atoms with van der Waals surface area (Å²) in [5, 5.41) is 9.00. The van der Waals surface area contributed by atoms with Crippen LogP contribution >= 0.6 is 0 Å². The topological polar surface area (TPSA) is 113 Å². The second-order valence-electron chi connectivity index (χ2n) is 6.45. The summed E-state index contributed by atoms with van der Waals surface area (Å²) in [7, 11) is -4.06. The number of rotatable bonds is 9. The fourth-order valence-electron chi connectivity index (χ4n) is 2.54. The third-order valence-electron chi connectivity index (χ3n) is 4.48. The summed E-state index contributed by atoms with van der Waals surface area (Å²) in [6.45, 7) is 3.03. The normalized spacial score (nSPS) is 12.0. The number of esters is 1. The fourth-order valence-corrected chi connectivity index (χ4v) is 3.66. The van der Waals surface area contributed by atoms with Crippen molar-refractivity contribution in [3.8, 4) is 6.07 Å². The first-order chi connectivity index (χ1) is 13.8. The minimum absolute atomic E-state index is 0.0376. The zero-order valence-electron chi connectivity index (χ0n) is 16.2. The van der Waals surface area contributed by atoms with Crippen LogP contribution in [0.1, 0.15) is 47.7 Å². The van der Waals surface area contributed by atoms with Gasteiger partial charge in [-0.15, -0.1) is 0 Å². The lowest BCUT2D eigenvalue weighted by atomic mass is 9.97. The maximum Gasteiger partial charge on any atom is 0.321 e. The van der Waals surface area contributed by atoms with E-state index in [1.807, 2.05) is 12.1 Å². The van der Waals surface area contributed by atoms with Crippen LogP contribution in [0.3, 0.4) is 0 Å². The maximum atomic E-state index is 12.3. The maximum absolute atomic E-state index is 12.3. The molecule has 152 valence electrons. The molecule has 0 saturated carbocycles. The molecule has 1 atom stereocenters. The van der Waals surface area contributed by atoms with Crippen molar-refractivity contribution in [1.29, 1.82) is 5.26 Å². The molecule has 0 aliphatic rings. The number of nitrogens with zero attached hydrogens (tertiary/aromatic N) is 1. The van der Waals surface area contributed by atoms with Crippen LogP contribution in [0.2, 0.25) is 0 Å². The number of sulfonamides is 1. The van der Waals surface area contributed by atoms with Gasteiger partial charge in [-0.3, -0.25) is 9.59 Å². The van der Waals surface area contributed by atoms with E-state index in [4.69, 9.17) is 10.00 Å². The Bertz CT molecular complexity index is 1020. The summed E-state index contributed by atoms with van der Waals surface area (Å²) in [5.41, 5.74) is 1.49. The van der Waals surface area contributed by atoms with Crippen LogP contribution in [0, 0.1) is 11.3 Å². The summed E-state index contributed by atoms with van der Waals surface area (Å²) in [5.74, 6) is -0.893. The quantitative estimate of drug-likeness (QED) is 0.499. The van der Waals surface area contributed by atoms with Crippen LogP contribution in [-0.4, -0.2) is 33.3 Å². The zero-order valence-corrected chi connectivity index (χ0v) is 17.0. The van der Waals surface area contributed by atoms with Crippen molar-refractivity contribution in [3.63, 3.8) is 0 Å². The van der Waals surface area contributed by atoms with Crippen LogP contribution in [-0.2, 0) is 19.6 Å². The van der Waals surface area contributed by atoms with Gasteiger partial charge in [-0.05, 0) is 30.0 Å². The second kappa shape index (κ2) is 9.96. The van der Waals surface area contributed by atoms with E-state index in [0.29, 0.717) is 11.5 Å². The predicted octanol–water partition coefficient (Wildman–Crippen LogP) is 2.78. The van der Waals surface area contributed by atoms with Crippen LogP contribution in [0.25, 0.3) is 0 Å². The molecule has 0 unspecified atom stereocenters. The second-order valence-corrected chi connectivity index (χ2v) is 8.18. The zero-order chi connectivity index (χ0) is 21.4. The van der Waals surface area contributed by atoms with Gasteiger partial charge in [-0.2, -0.15) is 9.98 Å². The number of carbonyl (C=O) groups excluding carboxylic acids is 2. The summed E-state index contributed by atoms with van der Waals surface area (Å²) in [6.07, 6.45) is 0.986. The van der Waals surface area contributed by atoms with Crippen molar-refractivity contribution in [2.45, 2.75) is 31.1 Å². The highest BCUT2D eigenvalue weighted by atomic mass is 32.2. The number of Topliss-reactive ketones (excluding diaryl/α,β-unsaturated/α-hetero) is 1. The third kappa shape index (κ3) is 5.98. The Morgan fingerprint density at radius 3 is 2.41 bits per heavy atom. The largest absolute Gasteiger partial charge is 0.456 e. The van der Waals surface area contributed by atoms with Crippen molar-refractivity contribution >= 4 is 21.8 Å². The average Bonchev–Trinajstić information content (AvgIpc) is 2.75. The van der Waals surface area contributed by atoms with Crippen LogP contribution in [0.15, 0.2) is 53.4 Å². The molecule has 0 aliphatic carbocycles. The number of ether oxygens (including phenoxy) is 1. The van der Waals surface area contributed by atoms with E-state index in [2.05, 4.69) is 18.6 Å². The van der Waals surface area contributed by atoms with Gasteiger partial charge in [0, 0.05) is 5.56 Å². The molecule has 1 N–H and O–H groups in total. The highest BCUT2D eigenvalue weighted by molar-refractivity contribution is 7.89. The number of hydrogen-bond donors (Lipinski definition) is 1. The molecule has 0 aliphatic heterocycles. The lowest BCUT2D eigenvalue weighted by molar-refractivity contribution is -0.141. The number of carbonyl (C=O) groups is 2. The molecular formula is C21H22N2O5S. The van der Waals surface area contributed by atoms with Crippen molar-refractivity contribution in [3.05, 3.63) is 65.2 Å². The Morgan fingerprint density at radius 2 is 1.79 bits per heavy atom. The number of benzene rings is 2. The average molecular weight is 414 g/mol. The monoisotopic (exact) mass is 414 g/mol. The van der Waals surface area contributed by atoms with Gasteiger partial charge in [0.25, 0.3) is 0 Å². The minimum atomic E-state index is -4.06. The number of nitriles is 1. The molecule has 7 nitrogen and oxygen atoms in total. The molecule has 0 saturated heterocycles. The molecule has 0 aromatic heterocycles. The molecule has 0 spiro atoms. The Balaban J connectivity index is 1.90. The fraction of sp³-hybridized carbons (Fsp3) is 0.286. The van der Waals surface area contributed by atoms with E-state index in [-0.39, 0.29) is 16.2 Å². The standard InChI is InChI=1S/C21H22N2O5S/c1-3-15(2)16-8-10-17(11-9-16)19(24)14-28-21(25)13-23-29(26,27)20-7-5-4-6-18(20)12-22/h4-11,15,23H,3,13-14H2,1-2H3/t15-/m0/s1. The first-order valence-corrected chi connectivity index (χ1v) is 10.5. The molecule has 0 radical (unpaired) electrons. The van der Waals surface area contributed by atoms with Crippen molar-refractivity contribution in [2.24, 2.45) is 0 Å². The van der Waals surface area contributed by atoms with Gasteiger partial charge in [-0.1, -0.05) is 50.2 Å². The molecule has 0 amide bonds. The van der Waals surface area contributed by atoms with Gasteiger partial charge in [0.15, 0.2) is 12.4 Å². The summed E-state index contributed by atoms with van der Waals surface area (Å²) in [6, 6.07) is 14.5. The summed E-state index contributed by atoms with van der Waals surface area (Å²) >= 11 is 0. The molecule has 2 rings (SSSR count). The molecule has 2 aromatic rings. The van der Waals surface area contributed by atoms with Crippen molar-refractivity contribution < 1.29 is 22.7 Å². The van der Waals surface area contributed by atoms with E-state index in [1.54, 1.807) is 18.2 Å². The van der Waals surface area contributed by atoms with Gasteiger partial charge >= 0.3 is 5.97 Å². The van der Waals surface area contributed by atoms with Gasteiger partial charge in [0.05, 0.1) is 10.5 Å². The number of hydrogen-bond acceptors (Lipinski definition) is 6. The van der Waals surface area contributed by atoms with Crippen molar-refractivity contribution in [1.82, 2.24) is 4.72 Å². The Morgan fingerprint density at radius 1 is 1.14 bits per heavy atom. The molecule has 0 heterocycles. The van der Waals surface area contributed by atoms with Gasteiger partial charge in [0.1, 0.15) is 12.6 Å². The Labute approximate surface area is 170 Å². The highest BCUT2D eigenvalue weighted by Crippen LogP contribution is 2.19. The first kappa shape index (κ1) is 22.3. The molecule has 0 fully saturated rings. The van der Waals surface area contributed by atoms with Gasteiger partial charge < -0.3 is 4.74 Å². The number of ketones is 1.